The average molecular weight is 355 g/mol. The van der Waals surface area contributed by atoms with Crippen LogP contribution in [0.3, 0.4) is 0 Å². The van der Waals surface area contributed by atoms with Crippen LogP contribution in [0.1, 0.15) is 36.6 Å². The van der Waals surface area contributed by atoms with Crippen molar-refractivity contribution in [1.82, 2.24) is 4.90 Å². The molecule has 136 valence electrons. The predicted molar refractivity (Wildman–Crippen MR) is 99.8 cm³/mol. The molecule has 1 N–H and O–H groups in total. The molecule has 1 heterocycles. The van der Waals surface area contributed by atoms with E-state index in [1.165, 1.54) is 24.3 Å². The summed E-state index contributed by atoms with van der Waals surface area (Å²) in [6.45, 7) is 4.52. The Balaban J connectivity index is 1.96. The summed E-state index contributed by atoms with van der Waals surface area (Å²) in [5, 5.41) is 10.8. The van der Waals surface area contributed by atoms with Gasteiger partial charge in [-0.1, -0.05) is 19.1 Å². The summed E-state index contributed by atoms with van der Waals surface area (Å²) in [5.74, 6) is -0.129. The van der Waals surface area contributed by atoms with E-state index < -0.39 is 5.63 Å². The standard InChI is InChI=1S/C21H22FNO3/c1-4-14-9-18-16(10-21(25)26-20(18)11-19(14)24)12-23(3)13(2)15-5-7-17(22)8-6-15/h5-11,13,24H,4,12H2,1-3H3. The van der Waals surface area contributed by atoms with Gasteiger partial charge in [0, 0.05) is 30.1 Å². The molecule has 0 amide bonds. The van der Waals surface area contributed by atoms with E-state index in [1.807, 2.05) is 27.0 Å². The summed E-state index contributed by atoms with van der Waals surface area (Å²) >= 11 is 0. The zero-order valence-corrected chi connectivity index (χ0v) is 15.1. The molecule has 0 spiro atoms. The van der Waals surface area contributed by atoms with Crippen LogP contribution in [0, 0.1) is 5.82 Å². The second-order valence-electron chi connectivity index (χ2n) is 6.56. The van der Waals surface area contributed by atoms with Gasteiger partial charge in [0.05, 0.1) is 0 Å². The number of halogens is 1. The summed E-state index contributed by atoms with van der Waals surface area (Å²) < 4.78 is 18.4. The predicted octanol–water partition coefficient (Wildman–Crippen LogP) is 4.39. The minimum absolute atomic E-state index is 0.0423. The van der Waals surface area contributed by atoms with E-state index in [-0.39, 0.29) is 17.6 Å². The van der Waals surface area contributed by atoms with Gasteiger partial charge in [-0.25, -0.2) is 9.18 Å². The molecule has 0 aliphatic heterocycles. The van der Waals surface area contributed by atoms with Crippen molar-refractivity contribution >= 4 is 11.0 Å². The third kappa shape index (κ3) is 3.63. The molecule has 0 fully saturated rings. The van der Waals surface area contributed by atoms with Gasteiger partial charge in [0.25, 0.3) is 0 Å². The number of fused-ring (bicyclic) bond motifs is 1. The monoisotopic (exact) mass is 355 g/mol. The number of rotatable bonds is 5. The van der Waals surface area contributed by atoms with Gasteiger partial charge in [-0.05, 0) is 55.3 Å². The Morgan fingerprint density at radius 2 is 1.85 bits per heavy atom. The first-order valence-corrected chi connectivity index (χ1v) is 8.63. The van der Waals surface area contributed by atoms with Crippen LogP contribution < -0.4 is 5.63 Å². The first kappa shape index (κ1) is 18.1. The molecule has 26 heavy (non-hydrogen) atoms. The van der Waals surface area contributed by atoms with Gasteiger partial charge >= 0.3 is 5.63 Å². The van der Waals surface area contributed by atoms with Gasteiger partial charge < -0.3 is 9.52 Å². The van der Waals surface area contributed by atoms with Crippen LogP contribution in [0.2, 0.25) is 0 Å². The number of phenolic OH excluding ortho intramolecular Hbond substituents is 1. The fourth-order valence-corrected chi connectivity index (χ4v) is 3.12. The molecule has 3 aromatic rings. The highest BCUT2D eigenvalue weighted by molar-refractivity contribution is 5.82. The quantitative estimate of drug-likeness (QED) is 0.690. The lowest BCUT2D eigenvalue weighted by molar-refractivity contribution is 0.253. The van der Waals surface area contributed by atoms with Gasteiger partial charge in [-0.3, -0.25) is 4.90 Å². The number of nitrogens with zero attached hydrogens (tertiary/aromatic N) is 1. The fourth-order valence-electron chi connectivity index (χ4n) is 3.12. The maximum absolute atomic E-state index is 13.1. The number of benzene rings is 2. The van der Waals surface area contributed by atoms with Crippen LogP contribution in [0.5, 0.6) is 5.75 Å². The smallest absolute Gasteiger partial charge is 0.336 e. The lowest BCUT2D eigenvalue weighted by Gasteiger charge is -2.25. The molecule has 4 nitrogen and oxygen atoms in total. The van der Waals surface area contributed by atoms with Crippen LogP contribution in [0.4, 0.5) is 4.39 Å². The number of aryl methyl sites for hydroxylation is 1. The minimum atomic E-state index is -0.445. The van der Waals surface area contributed by atoms with Gasteiger partial charge in [-0.2, -0.15) is 0 Å². The first-order valence-electron chi connectivity index (χ1n) is 8.63. The van der Waals surface area contributed by atoms with Crippen molar-refractivity contribution in [2.75, 3.05) is 7.05 Å². The first-order chi connectivity index (χ1) is 12.4. The zero-order chi connectivity index (χ0) is 18.8. The Morgan fingerprint density at radius 1 is 1.15 bits per heavy atom. The maximum atomic E-state index is 13.1. The zero-order valence-electron chi connectivity index (χ0n) is 15.1. The van der Waals surface area contributed by atoms with Gasteiger partial charge in [-0.15, -0.1) is 0 Å². The average Bonchev–Trinajstić information content (AvgIpc) is 2.61. The molecule has 0 saturated carbocycles. The summed E-state index contributed by atoms with van der Waals surface area (Å²) in [6, 6.07) is 11.3. The summed E-state index contributed by atoms with van der Waals surface area (Å²) in [5.41, 5.74) is 2.57. The summed E-state index contributed by atoms with van der Waals surface area (Å²) in [4.78, 5) is 14.0. The summed E-state index contributed by atoms with van der Waals surface area (Å²) in [7, 11) is 1.95. The maximum Gasteiger partial charge on any atom is 0.336 e. The van der Waals surface area contributed by atoms with E-state index in [2.05, 4.69) is 4.90 Å². The van der Waals surface area contributed by atoms with E-state index in [4.69, 9.17) is 4.42 Å². The molecule has 1 unspecified atom stereocenters. The van der Waals surface area contributed by atoms with Gasteiger partial charge in [0.2, 0.25) is 0 Å². The molecule has 0 aliphatic rings. The van der Waals surface area contributed by atoms with Crippen molar-refractivity contribution < 1.29 is 13.9 Å². The molecule has 0 aliphatic carbocycles. The second-order valence-corrected chi connectivity index (χ2v) is 6.56. The van der Waals surface area contributed by atoms with E-state index in [0.717, 1.165) is 22.1 Å². The lowest BCUT2D eigenvalue weighted by Crippen LogP contribution is -2.22. The van der Waals surface area contributed by atoms with Crippen molar-refractivity contribution in [3.05, 3.63) is 75.4 Å². The van der Waals surface area contributed by atoms with Crippen LogP contribution in [0.25, 0.3) is 11.0 Å². The van der Waals surface area contributed by atoms with E-state index in [9.17, 15) is 14.3 Å². The molecule has 3 rings (SSSR count). The number of phenols is 1. The highest BCUT2D eigenvalue weighted by atomic mass is 19.1. The van der Waals surface area contributed by atoms with Crippen LogP contribution >= 0.6 is 0 Å². The third-order valence-electron chi connectivity index (χ3n) is 4.84. The van der Waals surface area contributed by atoms with Gasteiger partial charge in [0.1, 0.15) is 17.1 Å². The highest BCUT2D eigenvalue weighted by Gasteiger charge is 2.16. The van der Waals surface area contributed by atoms with Crippen molar-refractivity contribution in [3.63, 3.8) is 0 Å². The topological polar surface area (TPSA) is 53.7 Å². The molecule has 0 radical (unpaired) electrons. The van der Waals surface area contributed by atoms with Crippen LogP contribution in [0.15, 0.2) is 51.7 Å². The number of hydrogen-bond donors (Lipinski definition) is 1. The third-order valence-corrected chi connectivity index (χ3v) is 4.84. The van der Waals surface area contributed by atoms with Crippen molar-refractivity contribution in [2.24, 2.45) is 0 Å². The molecule has 0 bridgehead atoms. The number of aromatic hydroxyl groups is 1. The molecule has 5 heteroatoms. The van der Waals surface area contributed by atoms with Crippen LogP contribution in [-0.4, -0.2) is 17.1 Å². The second kappa shape index (κ2) is 7.30. The number of hydrogen-bond acceptors (Lipinski definition) is 4. The highest BCUT2D eigenvalue weighted by Crippen LogP contribution is 2.29. The molecular weight excluding hydrogens is 333 g/mol. The van der Waals surface area contributed by atoms with Crippen molar-refractivity contribution in [1.29, 1.82) is 0 Å². The van der Waals surface area contributed by atoms with Crippen molar-refractivity contribution in [3.8, 4) is 5.75 Å². The normalized spacial score (nSPS) is 12.7. The van der Waals surface area contributed by atoms with Gasteiger partial charge in [0.15, 0.2) is 0 Å². The lowest BCUT2D eigenvalue weighted by atomic mass is 10.0. The molecule has 2 aromatic carbocycles. The Bertz CT molecular complexity index is 979. The Hall–Kier alpha value is -2.66. The Labute approximate surface area is 151 Å². The van der Waals surface area contributed by atoms with Crippen molar-refractivity contribution in [2.45, 2.75) is 32.9 Å². The SMILES string of the molecule is CCc1cc2c(CN(C)C(C)c3ccc(F)cc3)cc(=O)oc2cc1O. The minimum Gasteiger partial charge on any atom is -0.508 e. The van der Waals surface area contributed by atoms with E-state index in [1.54, 1.807) is 12.1 Å². The molecule has 1 aromatic heterocycles. The molecule has 0 saturated heterocycles. The van der Waals surface area contributed by atoms with Crippen LogP contribution in [-0.2, 0) is 13.0 Å². The largest absolute Gasteiger partial charge is 0.508 e. The van der Waals surface area contributed by atoms with E-state index in [0.29, 0.717) is 18.5 Å². The van der Waals surface area contributed by atoms with E-state index >= 15 is 0 Å². The molecular formula is C21H22FNO3. The Kier molecular flexibility index (Phi) is 5.09. The summed E-state index contributed by atoms with van der Waals surface area (Å²) in [6.07, 6.45) is 0.683. The Morgan fingerprint density at radius 3 is 2.50 bits per heavy atom. The fraction of sp³-hybridized carbons (Fsp3) is 0.286. The molecule has 1 atom stereocenters.